The van der Waals surface area contributed by atoms with Crippen molar-refractivity contribution in [3.8, 4) is 0 Å². The number of carbonyl (C=O) groups excluding carboxylic acids is 2. The van der Waals surface area contributed by atoms with Crippen molar-refractivity contribution in [1.29, 1.82) is 0 Å². The Balaban J connectivity index is 5.28. The van der Waals surface area contributed by atoms with Crippen molar-refractivity contribution in [3.05, 3.63) is 85.1 Å². The van der Waals surface area contributed by atoms with Gasteiger partial charge in [0, 0.05) is 12.8 Å². The molecule has 0 aliphatic carbocycles. The first-order valence-corrected chi connectivity index (χ1v) is 31.9. The summed E-state index contributed by atoms with van der Waals surface area (Å²) < 4.78 is 30.6. The van der Waals surface area contributed by atoms with Crippen molar-refractivity contribution in [2.24, 2.45) is 0 Å². The van der Waals surface area contributed by atoms with Gasteiger partial charge in [-0.05, 0) is 83.1 Å². The summed E-state index contributed by atoms with van der Waals surface area (Å²) in [6.07, 6.45) is 70.0. The van der Waals surface area contributed by atoms with Gasteiger partial charge in [0.15, 0.2) is 0 Å². The fourth-order valence-corrected chi connectivity index (χ4v) is 9.15. The minimum atomic E-state index is -4.46. The Hall–Kier alpha value is -2.81. The van der Waals surface area contributed by atoms with Crippen LogP contribution in [0.15, 0.2) is 85.1 Å². The Morgan fingerprint density at radius 1 is 0.486 bits per heavy atom. The van der Waals surface area contributed by atoms with E-state index in [0.717, 1.165) is 103 Å². The largest absolute Gasteiger partial charge is 0.472 e. The van der Waals surface area contributed by atoms with E-state index in [2.05, 4.69) is 99.0 Å². The zero-order valence-electron chi connectivity index (χ0n) is 48.8. The topological polar surface area (TPSA) is 111 Å². The molecule has 0 heterocycles. The van der Waals surface area contributed by atoms with Gasteiger partial charge < -0.3 is 19.4 Å². The second kappa shape index (κ2) is 53.6. The molecule has 0 bridgehead atoms. The lowest BCUT2D eigenvalue weighted by molar-refractivity contribution is -0.870. The van der Waals surface area contributed by atoms with Crippen molar-refractivity contribution in [3.63, 3.8) is 0 Å². The first kappa shape index (κ1) is 71.2. The Labute approximate surface area is 456 Å². The van der Waals surface area contributed by atoms with Crippen LogP contribution in [0.5, 0.6) is 0 Å². The number of esters is 1. The highest BCUT2D eigenvalue weighted by Gasteiger charge is 2.30. The molecular formula is C64H116N2O7P+. The normalized spacial score (nSPS) is 14.3. The molecule has 3 unspecified atom stereocenters. The van der Waals surface area contributed by atoms with Crippen LogP contribution in [0.1, 0.15) is 258 Å². The number of hydrogen-bond acceptors (Lipinski definition) is 6. The number of unbranched alkanes of at least 4 members (excludes halogenated alkanes) is 26. The summed E-state index contributed by atoms with van der Waals surface area (Å²) in [6, 6.07) is -0.863. The van der Waals surface area contributed by atoms with E-state index >= 15 is 0 Å². The quantitative estimate of drug-likeness (QED) is 0.0205. The highest BCUT2D eigenvalue weighted by Crippen LogP contribution is 2.43. The Bertz CT molecular complexity index is 1540. The van der Waals surface area contributed by atoms with E-state index in [1.54, 1.807) is 0 Å². The van der Waals surface area contributed by atoms with Gasteiger partial charge in [0.25, 0.3) is 0 Å². The third-order valence-electron chi connectivity index (χ3n) is 13.1. The molecule has 0 aromatic carbocycles. The zero-order valence-corrected chi connectivity index (χ0v) is 49.7. The van der Waals surface area contributed by atoms with Crippen LogP contribution in [-0.2, 0) is 27.9 Å². The number of hydrogen-bond donors (Lipinski definition) is 2. The fraction of sp³-hybridized carbons (Fsp3) is 0.750. The van der Waals surface area contributed by atoms with Crippen LogP contribution in [0.25, 0.3) is 0 Å². The number of amides is 1. The van der Waals surface area contributed by atoms with E-state index in [1.807, 2.05) is 33.3 Å². The molecular weight excluding hydrogens is 940 g/mol. The molecule has 2 N–H and O–H groups in total. The standard InChI is InChI=1S/C64H115N2O7P/c1-7-10-13-16-19-22-25-28-29-30-31-32-33-34-35-36-37-39-41-44-47-50-53-56-63(67)65-61(60-72-74(69,70)71-59-58-66(4,5)6)62(55-52-49-46-43-40-27-24-21-18-15-12-9-3)73-64(68)57-54-51-48-45-42-38-26-23-20-17-14-11-8-2/h10,13,19,22,28-29,31-32,34-35,37,39,52,55,61-62H,7-9,11-12,14-18,20-21,23-27,30,33,36,38,40-51,53-54,56-60H2,1-6H3,(H-,65,67,69,70)/p+1/b13-10-,22-19-,29-28-,32-31-,35-34-,39-37-,55-52-. The highest BCUT2D eigenvalue weighted by molar-refractivity contribution is 7.47. The smallest absolute Gasteiger partial charge is 0.456 e. The third-order valence-corrected chi connectivity index (χ3v) is 14.1. The molecule has 3 atom stereocenters. The summed E-state index contributed by atoms with van der Waals surface area (Å²) in [4.78, 5) is 37.6. The van der Waals surface area contributed by atoms with Crippen LogP contribution < -0.4 is 5.32 Å². The summed E-state index contributed by atoms with van der Waals surface area (Å²) >= 11 is 0. The van der Waals surface area contributed by atoms with Crippen LogP contribution in [-0.4, -0.2) is 74.3 Å². The molecule has 9 nitrogen and oxygen atoms in total. The van der Waals surface area contributed by atoms with Crippen molar-refractivity contribution >= 4 is 19.7 Å². The third kappa shape index (κ3) is 54.0. The highest BCUT2D eigenvalue weighted by atomic mass is 31.2. The number of ether oxygens (including phenoxy) is 1. The monoisotopic (exact) mass is 1060 g/mol. The van der Waals surface area contributed by atoms with Gasteiger partial charge in [0.05, 0.1) is 33.8 Å². The molecule has 0 rings (SSSR count). The first-order valence-electron chi connectivity index (χ1n) is 30.4. The minimum Gasteiger partial charge on any atom is -0.456 e. The lowest BCUT2D eigenvalue weighted by atomic mass is 10.0. The Morgan fingerprint density at radius 2 is 0.865 bits per heavy atom. The number of rotatable bonds is 54. The van der Waals surface area contributed by atoms with E-state index in [1.165, 1.54) is 116 Å². The molecule has 0 aliphatic heterocycles. The number of phosphoric ester groups is 1. The van der Waals surface area contributed by atoms with E-state index in [0.29, 0.717) is 23.9 Å². The predicted octanol–water partition coefficient (Wildman–Crippen LogP) is 18.6. The van der Waals surface area contributed by atoms with Crippen LogP contribution in [0.2, 0.25) is 0 Å². The first-order chi connectivity index (χ1) is 35.9. The molecule has 10 heteroatoms. The van der Waals surface area contributed by atoms with Gasteiger partial charge in [-0.25, -0.2) is 4.57 Å². The summed E-state index contributed by atoms with van der Waals surface area (Å²) in [5, 5.41) is 3.04. The van der Waals surface area contributed by atoms with E-state index in [-0.39, 0.29) is 31.5 Å². The van der Waals surface area contributed by atoms with E-state index in [4.69, 9.17) is 13.8 Å². The van der Waals surface area contributed by atoms with E-state index < -0.39 is 20.0 Å². The van der Waals surface area contributed by atoms with Crippen molar-refractivity contribution in [2.45, 2.75) is 270 Å². The van der Waals surface area contributed by atoms with Gasteiger partial charge in [0.1, 0.15) is 19.3 Å². The SMILES string of the molecule is CC/C=C\C/C=C\C/C=C\C/C=C\C/C=C\C/C=C\CCCCCCC(=O)NC(COP(=O)(O)OCC[N+](C)(C)C)C(/C=C\CCCCCCCCCCCC)OC(=O)CCCCCCCCCCCCCCC. The van der Waals surface area contributed by atoms with Gasteiger partial charge in [-0.2, -0.15) is 0 Å². The summed E-state index contributed by atoms with van der Waals surface area (Å²) in [5.41, 5.74) is 0. The van der Waals surface area contributed by atoms with Crippen molar-refractivity contribution in [1.82, 2.24) is 5.32 Å². The summed E-state index contributed by atoms with van der Waals surface area (Å²) in [7, 11) is 1.47. The number of allylic oxidation sites excluding steroid dienone is 13. The van der Waals surface area contributed by atoms with Gasteiger partial charge in [-0.1, -0.05) is 247 Å². The van der Waals surface area contributed by atoms with Crippen molar-refractivity contribution in [2.75, 3.05) is 40.9 Å². The maximum absolute atomic E-state index is 13.5. The Morgan fingerprint density at radius 3 is 1.30 bits per heavy atom. The molecule has 428 valence electrons. The second-order valence-corrected chi connectivity index (χ2v) is 23.0. The summed E-state index contributed by atoms with van der Waals surface area (Å²) in [5.74, 6) is -0.533. The number of nitrogens with zero attached hydrogens (tertiary/aromatic N) is 1. The molecule has 0 saturated heterocycles. The molecule has 0 radical (unpaired) electrons. The molecule has 74 heavy (non-hydrogen) atoms. The van der Waals surface area contributed by atoms with Gasteiger partial charge in [0.2, 0.25) is 5.91 Å². The van der Waals surface area contributed by atoms with Crippen molar-refractivity contribution < 1.29 is 37.3 Å². The number of quaternary nitrogens is 1. The molecule has 0 fully saturated rings. The number of likely N-dealkylation sites (N-methyl/N-ethyl adjacent to an activating group) is 1. The molecule has 0 aromatic heterocycles. The van der Waals surface area contributed by atoms with Crippen LogP contribution in [0, 0.1) is 0 Å². The fourth-order valence-electron chi connectivity index (χ4n) is 8.41. The van der Waals surface area contributed by atoms with Crippen LogP contribution in [0.3, 0.4) is 0 Å². The number of phosphoric acid groups is 1. The predicted molar refractivity (Wildman–Crippen MR) is 318 cm³/mol. The number of carbonyl (C=O) groups is 2. The summed E-state index contributed by atoms with van der Waals surface area (Å²) in [6.45, 7) is 6.87. The molecule has 0 spiro atoms. The molecule has 0 aliphatic rings. The average molecular weight is 1060 g/mol. The van der Waals surface area contributed by atoms with E-state index in [9.17, 15) is 19.0 Å². The molecule has 0 aromatic rings. The molecule has 1 amide bonds. The zero-order chi connectivity index (χ0) is 54.3. The maximum atomic E-state index is 13.5. The van der Waals surface area contributed by atoms with Crippen LogP contribution in [0.4, 0.5) is 0 Å². The lowest BCUT2D eigenvalue weighted by Crippen LogP contribution is -2.47. The van der Waals surface area contributed by atoms with Gasteiger partial charge >= 0.3 is 13.8 Å². The maximum Gasteiger partial charge on any atom is 0.472 e. The van der Waals surface area contributed by atoms with Gasteiger partial charge in [-0.3, -0.25) is 18.6 Å². The minimum absolute atomic E-state index is 0.0324. The second-order valence-electron chi connectivity index (χ2n) is 21.5. The average Bonchev–Trinajstić information content (AvgIpc) is 3.36. The molecule has 0 saturated carbocycles. The lowest BCUT2D eigenvalue weighted by Gasteiger charge is -2.27. The van der Waals surface area contributed by atoms with Gasteiger partial charge in [-0.15, -0.1) is 0 Å². The Kier molecular flexibility index (Phi) is 51.5. The number of nitrogens with one attached hydrogen (secondary N) is 1. The van der Waals surface area contributed by atoms with Crippen LogP contribution >= 0.6 is 7.82 Å².